The van der Waals surface area contributed by atoms with Gasteiger partial charge in [-0.2, -0.15) is 5.10 Å². The molecule has 0 atom stereocenters. The van der Waals surface area contributed by atoms with Crippen molar-refractivity contribution >= 4 is 16.9 Å². The summed E-state index contributed by atoms with van der Waals surface area (Å²) in [6.07, 6.45) is 0. The van der Waals surface area contributed by atoms with E-state index in [1.165, 1.54) is 5.56 Å². The Morgan fingerprint density at radius 1 is 1.10 bits per heavy atom. The molecular formula is C16H19N5. The highest BCUT2D eigenvalue weighted by Gasteiger charge is 2.15. The van der Waals surface area contributed by atoms with Crippen molar-refractivity contribution in [2.45, 2.75) is 33.2 Å². The third-order valence-electron chi connectivity index (χ3n) is 3.42. The number of benzene rings is 1. The Morgan fingerprint density at radius 3 is 2.57 bits per heavy atom. The maximum atomic E-state index is 4.53. The van der Waals surface area contributed by atoms with Crippen molar-refractivity contribution in [3.63, 3.8) is 0 Å². The number of fused-ring (bicyclic) bond motifs is 1. The molecule has 5 nitrogen and oxygen atoms in total. The summed E-state index contributed by atoms with van der Waals surface area (Å²) in [5, 5.41) is 10.8. The van der Waals surface area contributed by atoms with Crippen LogP contribution in [0, 0.1) is 6.92 Å². The fourth-order valence-electron chi connectivity index (χ4n) is 2.34. The van der Waals surface area contributed by atoms with Gasteiger partial charge in [0.2, 0.25) is 0 Å². The molecule has 0 aliphatic heterocycles. The Balaban J connectivity index is 1.95. The molecule has 108 valence electrons. The second-order valence-corrected chi connectivity index (χ2v) is 5.45. The molecular weight excluding hydrogens is 262 g/mol. The molecule has 21 heavy (non-hydrogen) atoms. The lowest BCUT2D eigenvalue weighted by Gasteiger charge is -2.07. The van der Waals surface area contributed by atoms with E-state index in [4.69, 9.17) is 0 Å². The van der Waals surface area contributed by atoms with E-state index in [-0.39, 0.29) is 0 Å². The maximum absolute atomic E-state index is 4.53. The van der Waals surface area contributed by atoms with Crippen molar-refractivity contribution in [2.75, 3.05) is 5.32 Å². The van der Waals surface area contributed by atoms with E-state index in [1.54, 1.807) is 0 Å². The van der Waals surface area contributed by atoms with E-state index in [0.29, 0.717) is 5.92 Å². The fourth-order valence-corrected chi connectivity index (χ4v) is 2.34. The molecule has 0 aliphatic rings. The minimum absolute atomic E-state index is 0.353. The van der Waals surface area contributed by atoms with Crippen LogP contribution in [0.1, 0.15) is 36.8 Å². The Morgan fingerprint density at radius 2 is 1.86 bits per heavy atom. The van der Waals surface area contributed by atoms with Gasteiger partial charge in [-0.05, 0) is 18.4 Å². The van der Waals surface area contributed by atoms with Gasteiger partial charge in [0, 0.05) is 6.54 Å². The average Bonchev–Trinajstić information content (AvgIpc) is 2.89. The zero-order valence-electron chi connectivity index (χ0n) is 12.5. The van der Waals surface area contributed by atoms with Crippen molar-refractivity contribution in [3.8, 4) is 0 Å². The molecule has 3 rings (SSSR count). The quantitative estimate of drug-likeness (QED) is 0.769. The summed E-state index contributed by atoms with van der Waals surface area (Å²) in [7, 11) is 0. The summed E-state index contributed by atoms with van der Waals surface area (Å²) in [5.41, 5.74) is 3.98. The van der Waals surface area contributed by atoms with Gasteiger partial charge in [-0.1, -0.05) is 44.2 Å². The molecule has 0 aliphatic carbocycles. The van der Waals surface area contributed by atoms with Crippen LogP contribution in [0.2, 0.25) is 0 Å². The summed E-state index contributed by atoms with van der Waals surface area (Å²) >= 11 is 0. The van der Waals surface area contributed by atoms with Crippen LogP contribution in [-0.2, 0) is 6.54 Å². The van der Waals surface area contributed by atoms with Crippen LogP contribution in [-0.4, -0.2) is 20.2 Å². The minimum atomic E-state index is 0.353. The molecule has 2 heterocycles. The Bertz CT molecular complexity index is 746. The van der Waals surface area contributed by atoms with Gasteiger partial charge in [0.1, 0.15) is 11.3 Å². The van der Waals surface area contributed by atoms with Crippen molar-refractivity contribution in [1.29, 1.82) is 0 Å². The average molecular weight is 281 g/mol. The highest BCUT2D eigenvalue weighted by molar-refractivity contribution is 5.87. The molecule has 0 spiro atoms. The number of hydrogen-bond donors (Lipinski definition) is 2. The molecule has 0 bridgehead atoms. The van der Waals surface area contributed by atoms with Crippen LogP contribution in [0.3, 0.4) is 0 Å². The first kappa shape index (κ1) is 13.5. The lowest BCUT2D eigenvalue weighted by molar-refractivity contribution is 0.815. The molecule has 2 aromatic heterocycles. The Labute approximate surface area is 123 Å². The number of hydrogen-bond acceptors (Lipinski definition) is 4. The van der Waals surface area contributed by atoms with Gasteiger partial charge in [0.15, 0.2) is 11.3 Å². The summed E-state index contributed by atoms with van der Waals surface area (Å²) < 4.78 is 0. The number of aromatic nitrogens is 4. The van der Waals surface area contributed by atoms with Crippen molar-refractivity contribution < 1.29 is 0 Å². The van der Waals surface area contributed by atoms with Crippen LogP contribution in [0.15, 0.2) is 30.3 Å². The van der Waals surface area contributed by atoms with Gasteiger partial charge in [0.05, 0.1) is 5.69 Å². The monoisotopic (exact) mass is 281 g/mol. The number of nitrogens with one attached hydrogen (secondary N) is 2. The standard InChI is InChI=1S/C16H19N5/c1-10(2)13-14-15(21-20-13)16(19-11(3)18-14)17-9-12-7-5-4-6-8-12/h4-8,10H,9H2,1-3H3,(H,20,21)(H,17,18,19). The molecule has 3 aromatic rings. The van der Waals surface area contributed by atoms with Crippen LogP contribution >= 0.6 is 0 Å². The van der Waals surface area contributed by atoms with Gasteiger partial charge >= 0.3 is 0 Å². The second kappa shape index (κ2) is 5.52. The van der Waals surface area contributed by atoms with E-state index >= 15 is 0 Å². The van der Waals surface area contributed by atoms with Crippen molar-refractivity contribution in [3.05, 3.63) is 47.4 Å². The van der Waals surface area contributed by atoms with Crippen molar-refractivity contribution in [1.82, 2.24) is 20.2 Å². The second-order valence-electron chi connectivity index (χ2n) is 5.45. The van der Waals surface area contributed by atoms with Gasteiger partial charge in [-0.25, -0.2) is 9.97 Å². The predicted octanol–water partition coefficient (Wildman–Crippen LogP) is 3.40. The molecule has 0 fully saturated rings. The number of nitrogens with zero attached hydrogens (tertiary/aromatic N) is 3. The van der Waals surface area contributed by atoms with Crippen LogP contribution in [0.5, 0.6) is 0 Å². The molecule has 0 unspecified atom stereocenters. The first-order chi connectivity index (χ1) is 10.1. The first-order valence-corrected chi connectivity index (χ1v) is 7.15. The predicted molar refractivity (Wildman–Crippen MR) is 84.3 cm³/mol. The lowest BCUT2D eigenvalue weighted by Crippen LogP contribution is -2.04. The van der Waals surface area contributed by atoms with Gasteiger partial charge in [-0.3, -0.25) is 5.10 Å². The lowest BCUT2D eigenvalue weighted by atomic mass is 10.1. The Hall–Kier alpha value is -2.43. The van der Waals surface area contributed by atoms with E-state index < -0.39 is 0 Å². The normalized spacial score (nSPS) is 11.2. The first-order valence-electron chi connectivity index (χ1n) is 7.15. The zero-order valence-corrected chi connectivity index (χ0v) is 12.5. The number of aryl methyl sites for hydroxylation is 1. The summed E-state index contributed by atoms with van der Waals surface area (Å²) in [6, 6.07) is 10.2. The molecule has 1 aromatic carbocycles. The van der Waals surface area contributed by atoms with Gasteiger partial charge in [0.25, 0.3) is 0 Å². The number of aromatic amines is 1. The summed E-state index contributed by atoms with van der Waals surface area (Å²) in [5.74, 6) is 1.89. The Kier molecular flexibility index (Phi) is 3.56. The third kappa shape index (κ3) is 2.72. The van der Waals surface area contributed by atoms with Crippen molar-refractivity contribution in [2.24, 2.45) is 0 Å². The van der Waals surface area contributed by atoms with E-state index in [2.05, 4.69) is 51.5 Å². The maximum Gasteiger partial charge on any atom is 0.158 e. The van der Waals surface area contributed by atoms with Crippen LogP contribution in [0.25, 0.3) is 11.0 Å². The number of rotatable bonds is 4. The summed E-state index contributed by atoms with van der Waals surface area (Å²) in [6.45, 7) is 6.88. The SMILES string of the molecule is Cc1nc(NCc2ccccc2)c2n[nH]c(C(C)C)c2n1. The highest BCUT2D eigenvalue weighted by Crippen LogP contribution is 2.25. The number of anilines is 1. The minimum Gasteiger partial charge on any atom is -0.364 e. The highest BCUT2D eigenvalue weighted by atomic mass is 15.2. The van der Waals surface area contributed by atoms with Gasteiger partial charge < -0.3 is 5.32 Å². The zero-order chi connectivity index (χ0) is 14.8. The van der Waals surface area contributed by atoms with E-state index in [1.807, 2.05) is 25.1 Å². The molecule has 0 saturated heterocycles. The largest absolute Gasteiger partial charge is 0.364 e. The summed E-state index contributed by atoms with van der Waals surface area (Å²) in [4.78, 5) is 9.01. The van der Waals surface area contributed by atoms with E-state index in [9.17, 15) is 0 Å². The smallest absolute Gasteiger partial charge is 0.158 e. The molecule has 2 N–H and O–H groups in total. The topological polar surface area (TPSA) is 66.5 Å². The molecule has 0 amide bonds. The molecule has 0 radical (unpaired) electrons. The molecule has 0 saturated carbocycles. The third-order valence-corrected chi connectivity index (χ3v) is 3.42. The number of H-pyrrole nitrogens is 1. The van der Waals surface area contributed by atoms with Gasteiger partial charge in [-0.15, -0.1) is 0 Å². The molecule has 5 heteroatoms. The van der Waals surface area contributed by atoms with Crippen LogP contribution in [0.4, 0.5) is 5.82 Å². The van der Waals surface area contributed by atoms with Crippen LogP contribution < -0.4 is 5.32 Å². The fraction of sp³-hybridized carbons (Fsp3) is 0.312. The van der Waals surface area contributed by atoms with E-state index in [0.717, 1.165) is 34.9 Å².